The fourth-order valence-electron chi connectivity index (χ4n) is 5.34. The molecule has 1 fully saturated rings. The topological polar surface area (TPSA) is 157 Å². The maximum absolute atomic E-state index is 13.0. The van der Waals surface area contributed by atoms with E-state index >= 15 is 0 Å². The van der Waals surface area contributed by atoms with E-state index < -0.39 is 11.9 Å². The van der Waals surface area contributed by atoms with Gasteiger partial charge in [-0.25, -0.2) is 4.68 Å². The molecule has 43 heavy (non-hydrogen) atoms. The van der Waals surface area contributed by atoms with Crippen molar-refractivity contribution < 1.29 is 14.4 Å². The number of nitrogens with zero attached hydrogens (tertiary/aromatic N) is 4. The molecule has 5 N–H and O–H groups in total. The number of rotatable bonds is 10. The van der Waals surface area contributed by atoms with E-state index in [0.717, 1.165) is 34.2 Å². The highest BCUT2D eigenvalue weighted by molar-refractivity contribution is 6.30. The highest BCUT2D eigenvalue weighted by Gasteiger charge is 2.31. The third-order valence-electron chi connectivity index (χ3n) is 7.61. The summed E-state index contributed by atoms with van der Waals surface area (Å²) in [6, 6.07) is 17.9. The average molecular weight is 601 g/mol. The Kier molecular flexibility index (Phi) is 9.13. The molecule has 3 amide bonds. The standard InChI is InChI=1S/C31H33ClN8O3/c1-18-3-9-25(26(11-18)29(33)41)22-6-4-20(5-7-22)12-21-13-27(34-15-21)31(43)37-19(2)30(42)35-16-23-14-24(32)8-10-28(23)40-17-36-38-39-40/h3-11,14,17,19,21,27,34H,12-13,15-16H2,1-2H3,(H2,33,41)(H,35,42)(H,37,43)/t19-,21-,27+/m0/s1. The second-order valence-electron chi connectivity index (χ2n) is 10.9. The number of nitrogens with two attached hydrogens (primary N) is 1. The van der Waals surface area contributed by atoms with Crippen molar-refractivity contribution in [2.45, 2.75) is 45.3 Å². The molecule has 0 spiro atoms. The normalized spacial score (nSPS) is 16.9. The van der Waals surface area contributed by atoms with Crippen LogP contribution >= 0.6 is 11.6 Å². The van der Waals surface area contributed by atoms with Crippen LogP contribution in [0.5, 0.6) is 0 Å². The van der Waals surface area contributed by atoms with Gasteiger partial charge in [-0.05, 0) is 96.1 Å². The molecule has 4 aromatic rings. The van der Waals surface area contributed by atoms with Gasteiger partial charge in [-0.15, -0.1) is 5.10 Å². The van der Waals surface area contributed by atoms with E-state index in [1.165, 1.54) is 11.0 Å². The monoisotopic (exact) mass is 600 g/mol. The summed E-state index contributed by atoms with van der Waals surface area (Å²) in [5, 5.41) is 20.7. The maximum Gasteiger partial charge on any atom is 0.249 e. The number of primary amides is 1. The lowest BCUT2D eigenvalue weighted by Gasteiger charge is -2.18. The Morgan fingerprint density at radius 2 is 1.91 bits per heavy atom. The largest absolute Gasteiger partial charge is 0.366 e. The van der Waals surface area contributed by atoms with Crippen LogP contribution in [0.3, 0.4) is 0 Å². The van der Waals surface area contributed by atoms with Crippen molar-refractivity contribution in [3.05, 3.63) is 94.3 Å². The minimum Gasteiger partial charge on any atom is -0.366 e. The first-order chi connectivity index (χ1) is 20.7. The summed E-state index contributed by atoms with van der Waals surface area (Å²) in [7, 11) is 0. The quantitative estimate of drug-likeness (QED) is 0.218. The Balaban J connectivity index is 1.12. The number of amides is 3. The molecule has 0 unspecified atom stereocenters. The van der Waals surface area contributed by atoms with E-state index in [9.17, 15) is 14.4 Å². The molecular weight excluding hydrogens is 568 g/mol. The van der Waals surface area contributed by atoms with Gasteiger partial charge in [-0.2, -0.15) is 0 Å². The van der Waals surface area contributed by atoms with Crippen molar-refractivity contribution in [2.24, 2.45) is 11.7 Å². The fourth-order valence-corrected chi connectivity index (χ4v) is 5.53. The molecule has 11 nitrogen and oxygen atoms in total. The van der Waals surface area contributed by atoms with E-state index in [1.54, 1.807) is 31.2 Å². The molecule has 5 rings (SSSR count). The van der Waals surface area contributed by atoms with Crippen molar-refractivity contribution in [3.8, 4) is 16.8 Å². The Bertz CT molecular complexity index is 1620. The lowest BCUT2D eigenvalue weighted by atomic mass is 9.93. The molecule has 0 radical (unpaired) electrons. The van der Waals surface area contributed by atoms with Gasteiger partial charge in [-0.3, -0.25) is 14.4 Å². The maximum atomic E-state index is 13.0. The number of aromatic nitrogens is 4. The number of halogens is 1. The summed E-state index contributed by atoms with van der Waals surface area (Å²) >= 11 is 6.16. The molecule has 1 saturated heterocycles. The first-order valence-electron chi connectivity index (χ1n) is 14.0. The fraction of sp³-hybridized carbons (Fsp3) is 0.290. The van der Waals surface area contributed by atoms with Crippen molar-refractivity contribution in [3.63, 3.8) is 0 Å². The van der Waals surface area contributed by atoms with Crippen LogP contribution < -0.4 is 21.7 Å². The van der Waals surface area contributed by atoms with Crippen molar-refractivity contribution in [2.75, 3.05) is 6.54 Å². The zero-order chi connectivity index (χ0) is 30.5. The molecule has 3 atom stereocenters. The molecule has 1 aliphatic heterocycles. The van der Waals surface area contributed by atoms with E-state index in [2.05, 4.69) is 31.5 Å². The number of tetrazole rings is 1. The van der Waals surface area contributed by atoms with Crippen LogP contribution in [0.15, 0.2) is 67.0 Å². The summed E-state index contributed by atoms with van der Waals surface area (Å²) in [6.45, 7) is 4.46. The number of aryl methyl sites for hydroxylation is 1. The van der Waals surface area contributed by atoms with Crippen LogP contribution in [0.4, 0.5) is 0 Å². The number of carbonyl (C=O) groups excluding carboxylic acids is 3. The third kappa shape index (κ3) is 7.25. The van der Waals surface area contributed by atoms with Crippen LogP contribution in [0.1, 0.15) is 40.4 Å². The molecular formula is C31H33ClN8O3. The zero-order valence-corrected chi connectivity index (χ0v) is 24.6. The first-order valence-corrected chi connectivity index (χ1v) is 14.4. The number of carbonyl (C=O) groups is 3. The molecule has 222 valence electrons. The van der Waals surface area contributed by atoms with Crippen LogP contribution in [0.25, 0.3) is 16.8 Å². The van der Waals surface area contributed by atoms with Gasteiger partial charge in [0.25, 0.3) is 0 Å². The predicted molar refractivity (Wildman–Crippen MR) is 162 cm³/mol. The van der Waals surface area contributed by atoms with Crippen molar-refractivity contribution in [1.29, 1.82) is 0 Å². The Labute approximate surface area is 254 Å². The van der Waals surface area contributed by atoms with Crippen LogP contribution in [0.2, 0.25) is 5.02 Å². The van der Waals surface area contributed by atoms with E-state index in [0.29, 0.717) is 29.2 Å². The highest BCUT2D eigenvalue weighted by atomic mass is 35.5. The second-order valence-corrected chi connectivity index (χ2v) is 11.3. The lowest BCUT2D eigenvalue weighted by Crippen LogP contribution is -2.50. The molecule has 0 saturated carbocycles. The van der Waals surface area contributed by atoms with E-state index in [4.69, 9.17) is 17.3 Å². The summed E-state index contributed by atoms with van der Waals surface area (Å²) in [6.07, 6.45) is 2.91. The van der Waals surface area contributed by atoms with Crippen LogP contribution in [0, 0.1) is 12.8 Å². The Hall–Kier alpha value is -4.61. The second kappa shape index (κ2) is 13.1. The van der Waals surface area contributed by atoms with Crippen molar-refractivity contribution >= 4 is 29.3 Å². The smallest absolute Gasteiger partial charge is 0.249 e. The molecule has 2 heterocycles. The summed E-state index contributed by atoms with van der Waals surface area (Å²) in [5.74, 6) is -0.722. The number of hydrogen-bond acceptors (Lipinski definition) is 7. The summed E-state index contributed by atoms with van der Waals surface area (Å²) in [4.78, 5) is 37.7. The van der Waals surface area contributed by atoms with Gasteiger partial charge in [-0.1, -0.05) is 53.6 Å². The van der Waals surface area contributed by atoms with E-state index in [-0.39, 0.29) is 30.3 Å². The minimum absolute atomic E-state index is 0.186. The molecule has 12 heteroatoms. The van der Waals surface area contributed by atoms with Crippen LogP contribution in [-0.2, 0) is 22.6 Å². The number of benzene rings is 3. The summed E-state index contributed by atoms with van der Waals surface area (Å²) < 4.78 is 1.49. The SMILES string of the molecule is Cc1ccc(-c2ccc(C[C@@H]3CN[C@@H](C(=O)N[C@@H](C)C(=O)NCc4cc(Cl)ccc4-n4cnnn4)C3)cc2)c(C(N)=O)c1. The zero-order valence-electron chi connectivity index (χ0n) is 23.9. The predicted octanol–water partition coefficient (Wildman–Crippen LogP) is 2.73. The molecule has 1 aromatic heterocycles. The Morgan fingerprint density at radius 3 is 2.63 bits per heavy atom. The number of hydrogen-bond donors (Lipinski definition) is 4. The van der Waals surface area contributed by atoms with E-state index in [1.807, 2.05) is 43.3 Å². The molecule has 0 bridgehead atoms. The molecule has 0 aliphatic carbocycles. The van der Waals surface area contributed by atoms with Gasteiger partial charge in [0, 0.05) is 17.1 Å². The molecule has 1 aliphatic rings. The lowest BCUT2D eigenvalue weighted by molar-refractivity contribution is -0.129. The van der Waals surface area contributed by atoms with Gasteiger partial charge in [0.1, 0.15) is 12.4 Å². The molecule has 3 aromatic carbocycles. The van der Waals surface area contributed by atoms with Gasteiger partial charge < -0.3 is 21.7 Å². The summed E-state index contributed by atoms with van der Waals surface area (Å²) in [5.41, 5.74) is 11.4. The third-order valence-corrected chi connectivity index (χ3v) is 7.85. The van der Waals surface area contributed by atoms with Gasteiger partial charge in [0.15, 0.2) is 0 Å². The van der Waals surface area contributed by atoms with Crippen LogP contribution in [-0.4, -0.2) is 56.6 Å². The number of nitrogens with one attached hydrogen (secondary N) is 3. The highest BCUT2D eigenvalue weighted by Crippen LogP contribution is 2.27. The Morgan fingerprint density at radius 1 is 1.12 bits per heavy atom. The van der Waals surface area contributed by atoms with Gasteiger partial charge in [0.2, 0.25) is 17.7 Å². The van der Waals surface area contributed by atoms with Crippen molar-refractivity contribution in [1.82, 2.24) is 36.2 Å². The van der Waals surface area contributed by atoms with Gasteiger partial charge in [0.05, 0.1) is 11.7 Å². The first kappa shape index (κ1) is 29.9. The minimum atomic E-state index is -0.733. The average Bonchev–Trinajstić information content (AvgIpc) is 3.69. The van der Waals surface area contributed by atoms with Gasteiger partial charge >= 0.3 is 0 Å².